The molecule has 0 bridgehead atoms. The molecule has 1 fully saturated rings. The zero-order valence-electron chi connectivity index (χ0n) is 16.5. The largest absolute Gasteiger partial charge is 0.496 e. The van der Waals surface area contributed by atoms with E-state index in [4.69, 9.17) is 4.74 Å². The predicted octanol–water partition coefficient (Wildman–Crippen LogP) is 2.53. The molecule has 27 heavy (non-hydrogen) atoms. The minimum Gasteiger partial charge on any atom is -0.496 e. The zero-order chi connectivity index (χ0) is 18.9. The summed E-state index contributed by atoms with van der Waals surface area (Å²) in [6, 6.07) is 7.42. The Labute approximate surface area is 168 Å². The van der Waals surface area contributed by atoms with Crippen LogP contribution in [0.1, 0.15) is 44.2 Å². The molecule has 6 nitrogen and oxygen atoms in total. The molecular weight excluding hydrogens is 366 g/mol. The van der Waals surface area contributed by atoms with Crippen LogP contribution in [0.5, 0.6) is 5.75 Å². The summed E-state index contributed by atoms with van der Waals surface area (Å²) < 4.78 is 5.53. The first-order chi connectivity index (χ1) is 12.6. The van der Waals surface area contributed by atoms with Gasteiger partial charge in [-0.1, -0.05) is 31.5 Å². The van der Waals surface area contributed by atoms with E-state index >= 15 is 0 Å². The fourth-order valence-electron chi connectivity index (χ4n) is 3.56. The number of carbonyl (C=O) groups excluding carboxylic acids is 2. The highest BCUT2D eigenvalue weighted by molar-refractivity contribution is 5.85. The number of rotatable bonds is 9. The van der Waals surface area contributed by atoms with Crippen LogP contribution in [0.2, 0.25) is 0 Å². The molecule has 1 heterocycles. The van der Waals surface area contributed by atoms with Gasteiger partial charge in [0.15, 0.2) is 0 Å². The quantitative estimate of drug-likeness (QED) is 0.628. The number of benzene rings is 1. The van der Waals surface area contributed by atoms with E-state index < -0.39 is 0 Å². The van der Waals surface area contributed by atoms with Crippen molar-refractivity contribution >= 4 is 24.2 Å². The highest BCUT2D eigenvalue weighted by Gasteiger charge is 2.41. The number of likely N-dealkylation sites (tertiary alicyclic amines) is 1. The summed E-state index contributed by atoms with van der Waals surface area (Å²) in [5.41, 5.74) is 0.910. The maximum absolute atomic E-state index is 12.9. The van der Waals surface area contributed by atoms with E-state index in [1.807, 2.05) is 36.2 Å². The van der Waals surface area contributed by atoms with Gasteiger partial charge in [0.2, 0.25) is 11.8 Å². The highest BCUT2D eigenvalue weighted by atomic mass is 35.5. The summed E-state index contributed by atoms with van der Waals surface area (Å²) in [6.07, 6.45) is 2.90. The van der Waals surface area contributed by atoms with Crippen molar-refractivity contribution in [3.05, 3.63) is 29.8 Å². The minimum absolute atomic E-state index is 0. The summed E-state index contributed by atoms with van der Waals surface area (Å²) in [7, 11) is 3.48. The molecule has 2 amide bonds. The Bertz CT molecular complexity index is 612. The molecule has 0 radical (unpaired) electrons. The molecule has 0 aromatic heterocycles. The average molecular weight is 398 g/mol. The molecule has 1 aromatic rings. The smallest absolute Gasteiger partial charge is 0.225 e. The number of hydrogen-bond donors (Lipinski definition) is 2. The van der Waals surface area contributed by atoms with Crippen LogP contribution >= 0.6 is 12.4 Å². The lowest BCUT2D eigenvalue weighted by Crippen LogP contribution is -2.49. The Morgan fingerprint density at radius 1 is 1.30 bits per heavy atom. The Hall–Kier alpha value is -1.79. The first kappa shape index (κ1) is 23.2. The van der Waals surface area contributed by atoms with Gasteiger partial charge < -0.3 is 20.3 Å². The van der Waals surface area contributed by atoms with Crippen LogP contribution in [0.25, 0.3) is 0 Å². The lowest BCUT2D eigenvalue weighted by atomic mass is 9.83. The molecule has 2 atom stereocenters. The lowest BCUT2D eigenvalue weighted by Gasteiger charge is -2.41. The number of para-hydroxylation sites is 1. The standard InChI is InChI=1S/C20H31N3O3.ClH/c1-4-5-14-23-18(24)11-10-16(20(25)22-13-12-21-2)19(23)15-8-6-7-9-17(15)26-3;/h6-9,16,19,21H,4-5,10-14H2,1-3H3,(H,22,25);1H. The first-order valence-electron chi connectivity index (χ1n) is 9.48. The molecule has 0 saturated carbocycles. The van der Waals surface area contributed by atoms with Crippen molar-refractivity contribution in [1.82, 2.24) is 15.5 Å². The highest BCUT2D eigenvalue weighted by Crippen LogP contribution is 2.40. The van der Waals surface area contributed by atoms with Gasteiger partial charge in [-0.15, -0.1) is 12.4 Å². The van der Waals surface area contributed by atoms with Gasteiger partial charge in [-0.2, -0.15) is 0 Å². The SMILES string of the molecule is CCCCN1C(=O)CCC(C(=O)NCCNC)C1c1ccccc1OC.Cl. The number of piperidine rings is 1. The molecule has 2 rings (SSSR count). The van der Waals surface area contributed by atoms with Crippen LogP contribution in [-0.4, -0.2) is 50.5 Å². The van der Waals surface area contributed by atoms with Crippen molar-refractivity contribution in [2.45, 2.75) is 38.6 Å². The number of amides is 2. The normalized spacial score (nSPS) is 19.4. The molecule has 1 saturated heterocycles. The number of likely N-dealkylation sites (N-methyl/N-ethyl adjacent to an activating group) is 1. The van der Waals surface area contributed by atoms with Gasteiger partial charge in [-0.25, -0.2) is 0 Å². The van der Waals surface area contributed by atoms with Crippen LogP contribution in [0.3, 0.4) is 0 Å². The molecular formula is C20H32ClN3O3. The van der Waals surface area contributed by atoms with Gasteiger partial charge >= 0.3 is 0 Å². The number of nitrogens with zero attached hydrogens (tertiary/aromatic N) is 1. The van der Waals surface area contributed by atoms with Gasteiger partial charge in [-0.3, -0.25) is 9.59 Å². The summed E-state index contributed by atoms with van der Waals surface area (Å²) in [5, 5.41) is 6.03. The van der Waals surface area contributed by atoms with E-state index in [-0.39, 0.29) is 36.2 Å². The Kier molecular flexibility index (Phi) is 10.2. The molecule has 0 spiro atoms. The number of halogens is 1. The Balaban J connectivity index is 0.00000364. The first-order valence-corrected chi connectivity index (χ1v) is 9.48. The van der Waals surface area contributed by atoms with Crippen molar-refractivity contribution in [2.75, 3.05) is 33.8 Å². The number of ether oxygens (including phenoxy) is 1. The topological polar surface area (TPSA) is 70.7 Å². The van der Waals surface area contributed by atoms with Crippen molar-refractivity contribution in [1.29, 1.82) is 0 Å². The summed E-state index contributed by atoms with van der Waals surface area (Å²) in [5.74, 6) is 0.582. The van der Waals surface area contributed by atoms with Gasteiger partial charge in [0.1, 0.15) is 5.75 Å². The van der Waals surface area contributed by atoms with Crippen LogP contribution in [0, 0.1) is 5.92 Å². The number of nitrogens with one attached hydrogen (secondary N) is 2. The third-order valence-electron chi connectivity index (χ3n) is 4.93. The Morgan fingerprint density at radius 3 is 2.70 bits per heavy atom. The monoisotopic (exact) mass is 397 g/mol. The van der Waals surface area contributed by atoms with Crippen molar-refractivity contribution in [3.8, 4) is 5.75 Å². The van der Waals surface area contributed by atoms with Crippen molar-refractivity contribution in [2.24, 2.45) is 5.92 Å². The van der Waals surface area contributed by atoms with Crippen molar-refractivity contribution in [3.63, 3.8) is 0 Å². The Morgan fingerprint density at radius 2 is 2.04 bits per heavy atom. The second-order valence-electron chi connectivity index (χ2n) is 6.67. The number of methoxy groups -OCH3 is 1. The molecule has 7 heteroatoms. The maximum atomic E-state index is 12.9. The van der Waals surface area contributed by atoms with Crippen molar-refractivity contribution < 1.29 is 14.3 Å². The molecule has 1 aliphatic heterocycles. The van der Waals surface area contributed by atoms with E-state index in [0.717, 1.165) is 30.7 Å². The zero-order valence-corrected chi connectivity index (χ0v) is 17.3. The van der Waals surface area contributed by atoms with E-state index in [9.17, 15) is 9.59 Å². The second-order valence-corrected chi connectivity index (χ2v) is 6.67. The molecule has 0 aliphatic carbocycles. The van der Waals surface area contributed by atoms with E-state index in [1.165, 1.54) is 0 Å². The van der Waals surface area contributed by atoms with E-state index in [2.05, 4.69) is 17.6 Å². The fourth-order valence-corrected chi connectivity index (χ4v) is 3.56. The number of carbonyl (C=O) groups is 2. The van der Waals surface area contributed by atoms with Gasteiger partial charge in [0.25, 0.3) is 0 Å². The molecule has 1 aliphatic rings. The minimum atomic E-state index is -0.284. The van der Waals surface area contributed by atoms with Crippen LogP contribution < -0.4 is 15.4 Å². The van der Waals surface area contributed by atoms with Crippen LogP contribution in [0.15, 0.2) is 24.3 Å². The molecule has 152 valence electrons. The third kappa shape index (κ3) is 5.84. The number of unbranched alkanes of at least 4 members (excludes halogenated alkanes) is 1. The third-order valence-corrected chi connectivity index (χ3v) is 4.93. The van der Waals surface area contributed by atoms with Gasteiger partial charge in [0.05, 0.1) is 19.1 Å². The molecule has 2 unspecified atom stereocenters. The van der Waals surface area contributed by atoms with Crippen LogP contribution in [0.4, 0.5) is 0 Å². The maximum Gasteiger partial charge on any atom is 0.225 e. The molecule has 1 aromatic carbocycles. The lowest BCUT2D eigenvalue weighted by molar-refractivity contribution is -0.143. The van der Waals surface area contributed by atoms with Gasteiger partial charge in [-0.05, 0) is 26.0 Å². The summed E-state index contributed by atoms with van der Waals surface area (Å²) in [4.78, 5) is 27.4. The summed E-state index contributed by atoms with van der Waals surface area (Å²) in [6.45, 7) is 4.07. The second kappa shape index (κ2) is 11.8. The predicted molar refractivity (Wildman–Crippen MR) is 109 cm³/mol. The average Bonchev–Trinajstić information content (AvgIpc) is 2.66. The fraction of sp³-hybridized carbons (Fsp3) is 0.600. The van der Waals surface area contributed by atoms with Crippen LogP contribution in [-0.2, 0) is 9.59 Å². The van der Waals surface area contributed by atoms with Gasteiger partial charge in [0, 0.05) is 31.6 Å². The molecule has 2 N–H and O–H groups in total. The van der Waals surface area contributed by atoms with E-state index in [1.54, 1.807) is 7.11 Å². The number of hydrogen-bond acceptors (Lipinski definition) is 4. The summed E-state index contributed by atoms with van der Waals surface area (Å²) >= 11 is 0. The van der Waals surface area contributed by atoms with E-state index in [0.29, 0.717) is 25.9 Å².